The Balaban J connectivity index is 1.14. The van der Waals surface area contributed by atoms with E-state index in [-0.39, 0.29) is 10.8 Å². The molecule has 0 N–H and O–H groups in total. The minimum Gasteiger partial charge on any atom is -0.298 e. The fraction of sp³-hybridized carbons (Fsp3) is 0.969. The Morgan fingerprint density at radius 2 is 1.03 bits per heavy atom. The normalized spacial score (nSPS) is 39.2. The van der Waals surface area contributed by atoms with Gasteiger partial charge in [-0.1, -0.05) is 90.9 Å². The molecule has 0 amide bonds. The van der Waals surface area contributed by atoms with Crippen molar-refractivity contribution in [2.24, 2.45) is 34.5 Å². The monoisotopic (exact) mass is 456 g/mol. The molecule has 0 aliphatic heterocycles. The average molecular weight is 457 g/mol. The van der Waals surface area contributed by atoms with E-state index in [0.29, 0.717) is 0 Å². The first-order valence-corrected chi connectivity index (χ1v) is 15.7. The molecule has 0 bridgehead atoms. The van der Waals surface area contributed by atoms with E-state index < -0.39 is 0 Å². The quantitative estimate of drug-likeness (QED) is 0.283. The van der Waals surface area contributed by atoms with E-state index in [1.807, 2.05) is 0 Å². The Bertz CT molecular complexity index is 582. The molecular formula is C32H56O. The molecule has 1 heteroatoms. The number of Topliss-reactive ketones (excluding diaryl/α,β-unsaturated/α-hetero) is 1. The van der Waals surface area contributed by atoms with E-state index in [4.69, 9.17) is 0 Å². The second-order valence-electron chi connectivity index (χ2n) is 13.3. The van der Waals surface area contributed by atoms with Gasteiger partial charge in [-0.3, -0.25) is 4.79 Å². The van der Waals surface area contributed by atoms with Gasteiger partial charge in [0, 0.05) is 10.8 Å². The van der Waals surface area contributed by atoms with Gasteiger partial charge < -0.3 is 0 Å². The smallest absolute Gasteiger partial charge is 0.145 e. The van der Waals surface area contributed by atoms with Crippen LogP contribution in [0.25, 0.3) is 0 Å². The molecule has 4 aliphatic rings. The molecule has 4 aliphatic carbocycles. The number of carbonyl (C=O) groups excluding carboxylic acids is 1. The second-order valence-corrected chi connectivity index (χ2v) is 13.3. The first kappa shape index (κ1) is 25.8. The number of hydrogen-bond donors (Lipinski definition) is 0. The molecule has 33 heavy (non-hydrogen) atoms. The summed E-state index contributed by atoms with van der Waals surface area (Å²) in [4.78, 5) is 13.6. The third-order valence-corrected chi connectivity index (χ3v) is 11.2. The van der Waals surface area contributed by atoms with Crippen molar-refractivity contribution in [2.45, 2.75) is 162 Å². The molecule has 4 rings (SSSR count). The molecule has 0 atom stereocenters. The Morgan fingerprint density at radius 1 is 0.576 bits per heavy atom. The molecule has 0 aromatic heterocycles. The fourth-order valence-corrected chi connectivity index (χ4v) is 8.92. The van der Waals surface area contributed by atoms with Gasteiger partial charge >= 0.3 is 0 Å². The number of ketones is 1. The van der Waals surface area contributed by atoms with Gasteiger partial charge in [0.1, 0.15) is 5.78 Å². The molecule has 0 aromatic rings. The highest BCUT2D eigenvalue weighted by molar-refractivity contribution is 5.96. The van der Waals surface area contributed by atoms with Gasteiger partial charge in [0.25, 0.3) is 0 Å². The lowest BCUT2D eigenvalue weighted by Gasteiger charge is -2.59. The summed E-state index contributed by atoms with van der Waals surface area (Å²) >= 11 is 0. The van der Waals surface area contributed by atoms with Crippen LogP contribution in [0.5, 0.6) is 0 Å². The Kier molecular flexibility index (Phi) is 9.42. The molecule has 190 valence electrons. The Morgan fingerprint density at radius 3 is 1.61 bits per heavy atom. The minimum absolute atomic E-state index is 0.140. The van der Waals surface area contributed by atoms with Gasteiger partial charge in [0.05, 0.1) is 0 Å². The zero-order valence-corrected chi connectivity index (χ0v) is 22.5. The molecule has 2 spiro atoms. The van der Waals surface area contributed by atoms with E-state index in [1.165, 1.54) is 148 Å². The first-order chi connectivity index (χ1) is 16.1. The van der Waals surface area contributed by atoms with Crippen molar-refractivity contribution in [3.63, 3.8) is 0 Å². The van der Waals surface area contributed by atoms with E-state index in [9.17, 15) is 4.79 Å². The lowest BCUT2D eigenvalue weighted by Crippen LogP contribution is -2.59. The molecular weight excluding hydrogens is 400 g/mol. The summed E-state index contributed by atoms with van der Waals surface area (Å²) in [6.07, 6.45) is 31.9. The van der Waals surface area contributed by atoms with Crippen molar-refractivity contribution >= 4 is 5.78 Å². The van der Waals surface area contributed by atoms with Crippen molar-refractivity contribution < 1.29 is 4.79 Å². The average Bonchev–Trinajstić information content (AvgIpc) is 2.86. The number of hydrogen-bond acceptors (Lipinski definition) is 1. The molecule has 0 heterocycles. The van der Waals surface area contributed by atoms with Crippen LogP contribution in [0, 0.1) is 34.5 Å². The van der Waals surface area contributed by atoms with Crippen LogP contribution in [0.3, 0.4) is 0 Å². The SMILES string of the molecule is CCCCCCCC1CCC([C@H]2CC[C@]3(CC2)C[C@@]2(CCC(CCCCC)CC2)C3=O)CC1. The van der Waals surface area contributed by atoms with Crippen molar-refractivity contribution in [3.05, 3.63) is 0 Å². The fourth-order valence-electron chi connectivity index (χ4n) is 8.92. The van der Waals surface area contributed by atoms with Gasteiger partial charge in [-0.25, -0.2) is 0 Å². The molecule has 1 nitrogen and oxygen atoms in total. The summed E-state index contributed by atoms with van der Waals surface area (Å²) in [5.74, 6) is 4.63. The summed E-state index contributed by atoms with van der Waals surface area (Å²) in [5.41, 5.74) is 0.282. The zero-order chi connectivity index (χ0) is 23.2. The van der Waals surface area contributed by atoms with Gasteiger partial charge in [-0.05, 0) is 94.3 Å². The standard InChI is InChI=1S/C32H56O/c1-3-5-7-8-10-12-26-13-15-28(16-14-26)29-19-23-32(24-20-29)25-31(30(32)33)21-17-27(18-22-31)11-9-6-4-2/h26-29H,3-25H2,1-2H3/t26?,27?,28?,29-,31-,32-. The predicted molar refractivity (Wildman–Crippen MR) is 141 cm³/mol. The lowest BCUT2D eigenvalue weighted by atomic mass is 9.42. The van der Waals surface area contributed by atoms with Crippen LogP contribution in [0.15, 0.2) is 0 Å². The van der Waals surface area contributed by atoms with Gasteiger partial charge in [-0.15, -0.1) is 0 Å². The first-order valence-electron chi connectivity index (χ1n) is 15.7. The number of rotatable bonds is 11. The predicted octanol–water partition coefficient (Wildman–Crippen LogP) is 10.1. The van der Waals surface area contributed by atoms with Crippen LogP contribution in [0.4, 0.5) is 0 Å². The maximum absolute atomic E-state index is 13.6. The lowest BCUT2D eigenvalue weighted by molar-refractivity contribution is -0.169. The largest absolute Gasteiger partial charge is 0.298 e. The molecule has 4 saturated carbocycles. The molecule has 0 aromatic carbocycles. The highest BCUT2D eigenvalue weighted by Gasteiger charge is 2.63. The van der Waals surface area contributed by atoms with Crippen molar-refractivity contribution in [1.82, 2.24) is 0 Å². The maximum atomic E-state index is 13.6. The molecule has 4 fully saturated rings. The van der Waals surface area contributed by atoms with E-state index in [2.05, 4.69) is 13.8 Å². The van der Waals surface area contributed by atoms with Crippen LogP contribution in [-0.4, -0.2) is 5.78 Å². The van der Waals surface area contributed by atoms with Gasteiger partial charge in [0.15, 0.2) is 0 Å². The Hall–Kier alpha value is -0.330. The van der Waals surface area contributed by atoms with Crippen LogP contribution < -0.4 is 0 Å². The van der Waals surface area contributed by atoms with Gasteiger partial charge in [-0.2, -0.15) is 0 Å². The topological polar surface area (TPSA) is 17.1 Å². The third-order valence-electron chi connectivity index (χ3n) is 11.2. The van der Waals surface area contributed by atoms with Crippen molar-refractivity contribution in [1.29, 1.82) is 0 Å². The highest BCUT2D eigenvalue weighted by Crippen LogP contribution is 2.64. The Labute approximate surface area is 206 Å². The van der Waals surface area contributed by atoms with Crippen LogP contribution in [0.1, 0.15) is 162 Å². The van der Waals surface area contributed by atoms with Crippen LogP contribution >= 0.6 is 0 Å². The number of unbranched alkanes of at least 4 members (excludes halogenated alkanes) is 6. The zero-order valence-electron chi connectivity index (χ0n) is 22.5. The molecule has 0 saturated heterocycles. The van der Waals surface area contributed by atoms with Crippen LogP contribution in [-0.2, 0) is 4.79 Å². The minimum atomic E-state index is 0.140. The van der Waals surface area contributed by atoms with Crippen molar-refractivity contribution in [2.75, 3.05) is 0 Å². The van der Waals surface area contributed by atoms with E-state index in [0.717, 1.165) is 29.5 Å². The highest BCUT2D eigenvalue weighted by atomic mass is 16.1. The molecule has 0 radical (unpaired) electrons. The third kappa shape index (κ3) is 6.09. The summed E-state index contributed by atoms with van der Waals surface area (Å²) in [6.45, 7) is 4.62. The molecule has 0 unspecified atom stereocenters. The van der Waals surface area contributed by atoms with Gasteiger partial charge in [0.2, 0.25) is 0 Å². The van der Waals surface area contributed by atoms with E-state index >= 15 is 0 Å². The summed E-state index contributed by atoms with van der Waals surface area (Å²) in [5, 5.41) is 0. The summed E-state index contributed by atoms with van der Waals surface area (Å²) in [6, 6.07) is 0. The summed E-state index contributed by atoms with van der Waals surface area (Å²) in [7, 11) is 0. The van der Waals surface area contributed by atoms with E-state index in [1.54, 1.807) is 0 Å². The maximum Gasteiger partial charge on any atom is 0.145 e. The van der Waals surface area contributed by atoms with Crippen molar-refractivity contribution in [3.8, 4) is 0 Å². The second kappa shape index (κ2) is 12.1. The number of carbonyl (C=O) groups is 1. The van der Waals surface area contributed by atoms with Crippen LogP contribution in [0.2, 0.25) is 0 Å². The summed E-state index contributed by atoms with van der Waals surface area (Å²) < 4.78 is 0.